The first-order valence-electron chi connectivity index (χ1n) is 5.85. The fourth-order valence-electron chi connectivity index (χ4n) is 1.26. The van der Waals surface area contributed by atoms with Crippen molar-refractivity contribution >= 4 is 5.91 Å². The Morgan fingerprint density at radius 2 is 2.12 bits per heavy atom. The van der Waals surface area contributed by atoms with Gasteiger partial charge in [0.05, 0.1) is 24.1 Å². The number of hydrogen-bond donors (Lipinski definition) is 2. The molecule has 1 rings (SSSR count). The minimum absolute atomic E-state index is 0.0283. The molecule has 1 amide bonds. The largest absolute Gasteiger partial charge is 0.350 e. The first-order chi connectivity index (χ1) is 8.08. The van der Waals surface area contributed by atoms with E-state index in [0.29, 0.717) is 25.6 Å². The number of amides is 1. The Balaban J connectivity index is 2.21. The Morgan fingerprint density at radius 3 is 2.71 bits per heavy atom. The third-order valence-corrected chi connectivity index (χ3v) is 2.21. The molecule has 0 fully saturated rings. The van der Waals surface area contributed by atoms with Gasteiger partial charge >= 0.3 is 0 Å². The van der Waals surface area contributed by atoms with Crippen molar-refractivity contribution in [2.75, 3.05) is 6.54 Å². The van der Waals surface area contributed by atoms with Gasteiger partial charge in [-0.1, -0.05) is 13.8 Å². The Kier molecular flexibility index (Phi) is 5.56. The topological polar surface area (TPSA) is 66.9 Å². The Morgan fingerprint density at radius 1 is 1.35 bits per heavy atom. The van der Waals surface area contributed by atoms with Crippen LogP contribution in [0, 0.1) is 6.92 Å². The number of carbonyl (C=O) groups is 1. The van der Waals surface area contributed by atoms with Crippen molar-refractivity contribution in [3.63, 3.8) is 0 Å². The van der Waals surface area contributed by atoms with Gasteiger partial charge in [-0.3, -0.25) is 14.8 Å². The molecule has 17 heavy (non-hydrogen) atoms. The van der Waals surface area contributed by atoms with Crippen LogP contribution in [0.15, 0.2) is 12.4 Å². The highest BCUT2D eigenvalue weighted by molar-refractivity contribution is 5.75. The molecule has 5 heteroatoms. The van der Waals surface area contributed by atoms with E-state index in [1.807, 2.05) is 6.92 Å². The molecule has 5 nitrogen and oxygen atoms in total. The smallest absolute Gasteiger partial charge is 0.221 e. The van der Waals surface area contributed by atoms with Crippen LogP contribution in [0.4, 0.5) is 0 Å². The summed E-state index contributed by atoms with van der Waals surface area (Å²) >= 11 is 0. The zero-order chi connectivity index (χ0) is 12.7. The predicted octanol–water partition coefficient (Wildman–Crippen LogP) is 0.789. The molecule has 0 unspecified atom stereocenters. The average molecular weight is 236 g/mol. The van der Waals surface area contributed by atoms with Gasteiger partial charge in [0.15, 0.2) is 0 Å². The van der Waals surface area contributed by atoms with Crippen LogP contribution in [0.25, 0.3) is 0 Å². The molecular formula is C12H20N4O. The fraction of sp³-hybridized carbons (Fsp3) is 0.583. The van der Waals surface area contributed by atoms with Crippen LogP contribution in [0.3, 0.4) is 0 Å². The van der Waals surface area contributed by atoms with Crippen molar-refractivity contribution in [3.8, 4) is 0 Å². The molecule has 0 radical (unpaired) electrons. The highest BCUT2D eigenvalue weighted by atomic mass is 16.1. The van der Waals surface area contributed by atoms with Crippen molar-refractivity contribution in [3.05, 3.63) is 23.8 Å². The van der Waals surface area contributed by atoms with Crippen LogP contribution in [-0.4, -0.2) is 28.5 Å². The lowest BCUT2D eigenvalue weighted by molar-refractivity contribution is -0.121. The van der Waals surface area contributed by atoms with Gasteiger partial charge < -0.3 is 10.6 Å². The van der Waals surface area contributed by atoms with Gasteiger partial charge in [0, 0.05) is 25.2 Å². The molecule has 0 saturated carbocycles. The standard InChI is InChI=1S/C12H20N4O/c1-9(2)13-5-4-12(17)16-8-11-7-14-10(3)6-15-11/h6-7,9,13H,4-5,8H2,1-3H3,(H,16,17). The van der Waals surface area contributed by atoms with Crippen molar-refractivity contribution < 1.29 is 4.79 Å². The number of nitrogens with one attached hydrogen (secondary N) is 2. The zero-order valence-corrected chi connectivity index (χ0v) is 10.7. The third-order valence-electron chi connectivity index (χ3n) is 2.21. The normalized spacial score (nSPS) is 10.6. The summed E-state index contributed by atoms with van der Waals surface area (Å²) < 4.78 is 0. The van der Waals surface area contributed by atoms with Crippen LogP contribution in [0.5, 0.6) is 0 Å². The number of rotatable bonds is 6. The monoisotopic (exact) mass is 236 g/mol. The zero-order valence-electron chi connectivity index (χ0n) is 10.7. The molecule has 1 aromatic heterocycles. The second-order valence-corrected chi connectivity index (χ2v) is 4.28. The molecule has 0 saturated heterocycles. The van der Waals surface area contributed by atoms with E-state index in [2.05, 4.69) is 34.4 Å². The number of nitrogens with zero attached hydrogens (tertiary/aromatic N) is 2. The second-order valence-electron chi connectivity index (χ2n) is 4.28. The van der Waals surface area contributed by atoms with E-state index in [1.54, 1.807) is 12.4 Å². The summed E-state index contributed by atoms with van der Waals surface area (Å²) in [6.07, 6.45) is 3.86. The van der Waals surface area contributed by atoms with Gasteiger partial charge in [0.25, 0.3) is 0 Å². The fourth-order valence-corrected chi connectivity index (χ4v) is 1.26. The Bertz CT molecular complexity index is 348. The predicted molar refractivity (Wildman–Crippen MR) is 66.4 cm³/mol. The quantitative estimate of drug-likeness (QED) is 0.766. The summed E-state index contributed by atoms with van der Waals surface area (Å²) in [7, 11) is 0. The van der Waals surface area contributed by atoms with E-state index in [9.17, 15) is 4.79 Å². The summed E-state index contributed by atoms with van der Waals surface area (Å²) in [5.74, 6) is 0.0283. The highest BCUT2D eigenvalue weighted by Crippen LogP contribution is 1.93. The molecule has 1 heterocycles. The molecule has 94 valence electrons. The molecule has 0 bridgehead atoms. The minimum Gasteiger partial charge on any atom is -0.350 e. The third kappa shape index (κ3) is 5.97. The van der Waals surface area contributed by atoms with Gasteiger partial charge in [-0.15, -0.1) is 0 Å². The van der Waals surface area contributed by atoms with Crippen molar-refractivity contribution in [1.29, 1.82) is 0 Å². The van der Waals surface area contributed by atoms with Crippen LogP contribution in [-0.2, 0) is 11.3 Å². The van der Waals surface area contributed by atoms with Crippen molar-refractivity contribution in [1.82, 2.24) is 20.6 Å². The van der Waals surface area contributed by atoms with Gasteiger partial charge in [-0.2, -0.15) is 0 Å². The van der Waals surface area contributed by atoms with Gasteiger partial charge in [-0.05, 0) is 6.92 Å². The molecule has 0 aliphatic heterocycles. The van der Waals surface area contributed by atoms with Gasteiger partial charge in [0.1, 0.15) is 0 Å². The summed E-state index contributed by atoms with van der Waals surface area (Å²) in [4.78, 5) is 19.7. The maximum atomic E-state index is 11.5. The molecular weight excluding hydrogens is 216 g/mol. The summed E-state index contributed by atoms with van der Waals surface area (Å²) in [6, 6.07) is 0.408. The maximum absolute atomic E-state index is 11.5. The molecule has 2 N–H and O–H groups in total. The minimum atomic E-state index is 0.0283. The number of hydrogen-bond acceptors (Lipinski definition) is 4. The maximum Gasteiger partial charge on any atom is 0.221 e. The van der Waals surface area contributed by atoms with Crippen molar-refractivity contribution in [2.45, 2.75) is 39.8 Å². The van der Waals surface area contributed by atoms with E-state index >= 15 is 0 Å². The van der Waals surface area contributed by atoms with E-state index in [1.165, 1.54) is 0 Å². The van der Waals surface area contributed by atoms with E-state index in [-0.39, 0.29) is 5.91 Å². The molecule has 1 aromatic rings. The van der Waals surface area contributed by atoms with E-state index in [0.717, 1.165) is 11.4 Å². The Labute approximate surface area is 102 Å². The molecule has 0 aliphatic rings. The van der Waals surface area contributed by atoms with Crippen LogP contribution >= 0.6 is 0 Å². The van der Waals surface area contributed by atoms with Gasteiger partial charge in [0.2, 0.25) is 5.91 Å². The lowest BCUT2D eigenvalue weighted by Gasteiger charge is -2.08. The second kappa shape index (κ2) is 6.96. The first-order valence-corrected chi connectivity index (χ1v) is 5.85. The Hall–Kier alpha value is -1.49. The number of carbonyl (C=O) groups excluding carboxylic acids is 1. The average Bonchev–Trinajstić information content (AvgIpc) is 2.28. The SMILES string of the molecule is Cc1cnc(CNC(=O)CCNC(C)C)cn1. The van der Waals surface area contributed by atoms with E-state index < -0.39 is 0 Å². The van der Waals surface area contributed by atoms with Crippen LogP contribution in [0.2, 0.25) is 0 Å². The molecule has 0 atom stereocenters. The van der Waals surface area contributed by atoms with Crippen LogP contribution < -0.4 is 10.6 Å². The van der Waals surface area contributed by atoms with E-state index in [4.69, 9.17) is 0 Å². The lowest BCUT2D eigenvalue weighted by atomic mass is 10.3. The van der Waals surface area contributed by atoms with Crippen molar-refractivity contribution in [2.24, 2.45) is 0 Å². The summed E-state index contributed by atoms with van der Waals surface area (Å²) in [5.41, 5.74) is 1.65. The molecule has 0 spiro atoms. The first kappa shape index (κ1) is 13.6. The lowest BCUT2D eigenvalue weighted by Crippen LogP contribution is -2.30. The molecule has 0 aromatic carbocycles. The molecule has 0 aliphatic carbocycles. The summed E-state index contributed by atoms with van der Waals surface area (Å²) in [5, 5.41) is 6.00. The highest BCUT2D eigenvalue weighted by Gasteiger charge is 2.02. The summed E-state index contributed by atoms with van der Waals surface area (Å²) in [6.45, 7) is 7.13. The van der Waals surface area contributed by atoms with Crippen LogP contribution in [0.1, 0.15) is 31.7 Å². The number of aryl methyl sites for hydroxylation is 1. The van der Waals surface area contributed by atoms with Gasteiger partial charge in [-0.25, -0.2) is 0 Å². The number of aromatic nitrogens is 2.